The van der Waals surface area contributed by atoms with Crippen LogP contribution in [0.5, 0.6) is 5.75 Å². The van der Waals surface area contributed by atoms with E-state index in [0.29, 0.717) is 5.75 Å². The molecule has 0 bridgehead atoms. The standard InChI is InChI=1S/C20H24N2O3/c1-15-3-7-18(8-4-15)25-14-20(23)21-19-13-17(6-5-16(19)2)22-9-11-24-12-10-22/h3-8,13H,9-12,14H2,1-2H3,(H,21,23). The van der Waals surface area contributed by atoms with Crippen LogP contribution in [0.1, 0.15) is 11.1 Å². The van der Waals surface area contributed by atoms with Gasteiger partial charge in [-0.25, -0.2) is 0 Å². The first-order chi connectivity index (χ1) is 12.1. The average Bonchev–Trinajstić information content (AvgIpc) is 2.64. The molecule has 0 aromatic heterocycles. The Bertz CT molecular complexity index is 722. The van der Waals surface area contributed by atoms with E-state index in [0.717, 1.165) is 48.8 Å². The Labute approximate surface area is 148 Å². The van der Waals surface area contributed by atoms with Gasteiger partial charge in [0.25, 0.3) is 5.91 Å². The lowest BCUT2D eigenvalue weighted by molar-refractivity contribution is -0.118. The lowest BCUT2D eigenvalue weighted by Crippen LogP contribution is -2.36. The molecule has 0 radical (unpaired) electrons. The van der Waals surface area contributed by atoms with Crippen molar-refractivity contribution in [3.63, 3.8) is 0 Å². The fourth-order valence-electron chi connectivity index (χ4n) is 2.73. The summed E-state index contributed by atoms with van der Waals surface area (Å²) in [5, 5.41) is 2.95. The summed E-state index contributed by atoms with van der Waals surface area (Å²) in [5.74, 6) is 0.530. The second kappa shape index (κ2) is 8.03. The predicted molar refractivity (Wildman–Crippen MR) is 99.5 cm³/mol. The minimum Gasteiger partial charge on any atom is -0.484 e. The van der Waals surface area contributed by atoms with E-state index in [2.05, 4.69) is 16.3 Å². The van der Waals surface area contributed by atoms with Crippen molar-refractivity contribution in [1.29, 1.82) is 0 Å². The molecule has 25 heavy (non-hydrogen) atoms. The number of nitrogens with zero attached hydrogens (tertiary/aromatic N) is 1. The lowest BCUT2D eigenvalue weighted by atomic mass is 10.1. The molecule has 3 rings (SSSR count). The van der Waals surface area contributed by atoms with Crippen LogP contribution in [0.3, 0.4) is 0 Å². The van der Waals surface area contributed by atoms with E-state index in [-0.39, 0.29) is 12.5 Å². The zero-order valence-electron chi connectivity index (χ0n) is 14.7. The quantitative estimate of drug-likeness (QED) is 0.908. The summed E-state index contributed by atoms with van der Waals surface area (Å²) < 4.78 is 10.9. The largest absolute Gasteiger partial charge is 0.484 e. The fourth-order valence-corrected chi connectivity index (χ4v) is 2.73. The zero-order valence-corrected chi connectivity index (χ0v) is 14.7. The van der Waals surface area contributed by atoms with Crippen molar-refractivity contribution in [2.24, 2.45) is 0 Å². The summed E-state index contributed by atoms with van der Waals surface area (Å²) >= 11 is 0. The van der Waals surface area contributed by atoms with Crippen LogP contribution in [0.4, 0.5) is 11.4 Å². The molecule has 2 aromatic rings. The Morgan fingerprint density at radius 3 is 2.56 bits per heavy atom. The maximum Gasteiger partial charge on any atom is 0.262 e. The van der Waals surface area contributed by atoms with E-state index in [1.54, 1.807) is 0 Å². The van der Waals surface area contributed by atoms with Crippen molar-refractivity contribution in [3.8, 4) is 5.75 Å². The van der Waals surface area contributed by atoms with Gasteiger partial charge in [-0.2, -0.15) is 0 Å². The number of rotatable bonds is 5. The van der Waals surface area contributed by atoms with E-state index in [4.69, 9.17) is 9.47 Å². The summed E-state index contributed by atoms with van der Waals surface area (Å²) in [5.41, 5.74) is 4.11. The van der Waals surface area contributed by atoms with Crippen LogP contribution in [0.2, 0.25) is 0 Å². The molecule has 132 valence electrons. The maximum absolute atomic E-state index is 12.2. The second-order valence-corrected chi connectivity index (χ2v) is 6.25. The molecule has 1 N–H and O–H groups in total. The van der Waals surface area contributed by atoms with Gasteiger partial charge < -0.3 is 19.7 Å². The van der Waals surface area contributed by atoms with E-state index >= 15 is 0 Å². The van der Waals surface area contributed by atoms with E-state index in [1.165, 1.54) is 0 Å². The third-order valence-corrected chi connectivity index (χ3v) is 4.26. The molecule has 5 nitrogen and oxygen atoms in total. The maximum atomic E-state index is 12.2. The normalized spacial score (nSPS) is 14.2. The van der Waals surface area contributed by atoms with Crippen molar-refractivity contribution in [1.82, 2.24) is 0 Å². The van der Waals surface area contributed by atoms with Gasteiger partial charge in [0, 0.05) is 24.5 Å². The zero-order chi connectivity index (χ0) is 17.6. The summed E-state index contributed by atoms with van der Waals surface area (Å²) in [6.45, 7) is 7.20. The van der Waals surface area contributed by atoms with Gasteiger partial charge in [-0.1, -0.05) is 23.8 Å². The second-order valence-electron chi connectivity index (χ2n) is 6.25. The highest BCUT2D eigenvalue weighted by Gasteiger charge is 2.13. The first kappa shape index (κ1) is 17.3. The highest BCUT2D eigenvalue weighted by molar-refractivity contribution is 5.93. The van der Waals surface area contributed by atoms with Gasteiger partial charge in [0.2, 0.25) is 0 Å². The molecule has 1 fully saturated rings. The summed E-state index contributed by atoms with van der Waals surface area (Å²) in [6, 6.07) is 13.8. The van der Waals surface area contributed by atoms with E-state index in [1.807, 2.05) is 50.2 Å². The topological polar surface area (TPSA) is 50.8 Å². The Balaban J connectivity index is 1.60. The van der Waals surface area contributed by atoms with Gasteiger partial charge in [-0.05, 0) is 43.7 Å². The van der Waals surface area contributed by atoms with Crippen molar-refractivity contribution in [2.45, 2.75) is 13.8 Å². The van der Waals surface area contributed by atoms with Gasteiger partial charge in [0.1, 0.15) is 5.75 Å². The van der Waals surface area contributed by atoms with Crippen LogP contribution in [0.25, 0.3) is 0 Å². The lowest BCUT2D eigenvalue weighted by Gasteiger charge is -2.29. The van der Waals surface area contributed by atoms with Crippen molar-refractivity contribution >= 4 is 17.3 Å². The number of carbonyl (C=O) groups is 1. The Morgan fingerprint density at radius 1 is 1.12 bits per heavy atom. The molecule has 1 heterocycles. The fraction of sp³-hybridized carbons (Fsp3) is 0.350. The number of hydrogen-bond acceptors (Lipinski definition) is 4. The van der Waals surface area contributed by atoms with Crippen LogP contribution in [0, 0.1) is 13.8 Å². The third kappa shape index (κ3) is 4.73. The number of benzene rings is 2. The van der Waals surface area contributed by atoms with Crippen LogP contribution < -0.4 is 15.0 Å². The molecular weight excluding hydrogens is 316 g/mol. The summed E-state index contributed by atoms with van der Waals surface area (Å²) in [7, 11) is 0. The van der Waals surface area contributed by atoms with Gasteiger partial charge in [0.05, 0.1) is 13.2 Å². The van der Waals surface area contributed by atoms with E-state index < -0.39 is 0 Å². The molecule has 1 saturated heterocycles. The Kier molecular flexibility index (Phi) is 5.56. The first-order valence-corrected chi connectivity index (χ1v) is 8.54. The molecule has 1 aliphatic heterocycles. The smallest absolute Gasteiger partial charge is 0.262 e. The molecule has 2 aromatic carbocycles. The highest BCUT2D eigenvalue weighted by atomic mass is 16.5. The molecule has 0 aliphatic carbocycles. The number of ether oxygens (including phenoxy) is 2. The van der Waals surface area contributed by atoms with Crippen molar-refractivity contribution < 1.29 is 14.3 Å². The van der Waals surface area contributed by atoms with Crippen LogP contribution in [-0.2, 0) is 9.53 Å². The van der Waals surface area contributed by atoms with Crippen LogP contribution >= 0.6 is 0 Å². The van der Waals surface area contributed by atoms with Gasteiger partial charge in [0.15, 0.2) is 6.61 Å². The van der Waals surface area contributed by atoms with Gasteiger partial charge in [-0.3, -0.25) is 4.79 Å². The molecule has 1 aliphatic rings. The predicted octanol–water partition coefficient (Wildman–Crippen LogP) is 3.16. The monoisotopic (exact) mass is 340 g/mol. The molecule has 5 heteroatoms. The number of aryl methyl sites for hydroxylation is 2. The molecule has 0 spiro atoms. The highest BCUT2D eigenvalue weighted by Crippen LogP contribution is 2.24. The van der Waals surface area contributed by atoms with Gasteiger partial charge >= 0.3 is 0 Å². The minimum atomic E-state index is -0.164. The van der Waals surface area contributed by atoms with Crippen molar-refractivity contribution in [2.75, 3.05) is 43.1 Å². The minimum absolute atomic E-state index is 0.00964. The SMILES string of the molecule is Cc1ccc(OCC(=O)Nc2cc(N3CCOCC3)ccc2C)cc1. The molecule has 0 unspecified atom stereocenters. The third-order valence-electron chi connectivity index (χ3n) is 4.26. The van der Waals surface area contributed by atoms with Crippen molar-refractivity contribution in [3.05, 3.63) is 53.6 Å². The molecule has 0 atom stereocenters. The number of amides is 1. The Hall–Kier alpha value is -2.53. The number of hydrogen-bond donors (Lipinski definition) is 1. The number of morpholine rings is 1. The average molecular weight is 340 g/mol. The number of nitrogens with one attached hydrogen (secondary N) is 1. The molecular formula is C20H24N2O3. The van der Waals surface area contributed by atoms with Crippen LogP contribution in [-0.4, -0.2) is 38.8 Å². The van der Waals surface area contributed by atoms with Gasteiger partial charge in [-0.15, -0.1) is 0 Å². The molecule has 1 amide bonds. The number of anilines is 2. The molecule has 0 saturated carbocycles. The number of carbonyl (C=O) groups excluding carboxylic acids is 1. The van der Waals surface area contributed by atoms with E-state index in [9.17, 15) is 4.79 Å². The Morgan fingerprint density at radius 2 is 1.84 bits per heavy atom. The van der Waals surface area contributed by atoms with Crippen LogP contribution in [0.15, 0.2) is 42.5 Å². The summed E-state index contributed by atoms with van der Waals surface area (Å²) in [6.07, 6.45) is 0. The first-order valence-electron chi connectivity index (χ1n) is 8.54. The summed E-state index contributed by atoms with van der Waals surface area (Å²) in [4.78, 5) is 14.5.